The average Bonchev–Trinajstić information content (AvgIpc) is 2.54. The Hall–Kier alpha value is -1.59. The van der Waals surface area contributed by atoms with Gasteiger partial charge in [-0.15, -0.1) is 12.4 Å². The molecule has 1 aromatic carbocycles. The highest BCUT2D eigenvalue weighted by atomic mass is 35.5. The topological polar surface area (TPSA) is 72.6 Å². The second kappa shape index (κ2) is 8.76. The van der Waals surface area contributed by atoms with E-state index in [2.05, 4.69) is 0 Å². The minimum Gasteiger partial charge on any atom is -0.466 e. The smallest absolute Gasteiger partial charge is 0.310 e. The predicted octanol–water partition coefficient (Wildman–Crippen LogP) is 1.91. The Bertz CT molecular complexity index is 495. The first-order chi connectivity index (χ1) is 10.1. The normalized spacial score (nSPS) is 19.0. The number of carbonyl (C=O) groups is 2. The minimum atomic E-state index is -0.674. The van der Waals surface area contributed by atoms with Crippen LogP contribution in [0, 0.1) is 5.92 Å². The minimum absolute atomic E-state index is 0. The molecule has 1 aliphatic rings. The van der Waals surface area contributed by atoms with Crippen molar-refractivity contribution < 1.29 is 14.3 Å². The zero-order valence-electron chi connectivity index (χ0n) is 12.7. The van der Waals surface area contributed by atoms with Gasteiger partial charge >= 0.3 is 5.97 Å². The van der Waals surface area contributed by atoms with Crippen molar-refractivity contribution in [3.05, 3.63) is 35.9 Å². The lowest BCUT2D eigenvalue weighted by molar-refractivity contribution is -0.151. The van der Waals surface area contributed by atoms with Crippen LogP contribution in [-0.4, -0.2) is 36.5 Å². The van der Waals surface area contributed by atoms with E-state index in [0.717, 1.165) is 18.4 Å². The van der Waals surface area contributed by atoms with Crippen molar-refractivity contribution in [1.29, 1.82) is 0 Å². The van der Waals surface area contributed by atoms with Crippen LogP contribution in [0.2, 0.25) is 0 Å². The van der Waals surface area contributed by atoms with E-state index >= 15 is 0 Å². The summed E-state index contributed by atoms with van der Waals surface area (Å²) in [4.78, 5) is 26.0. The molecular formula is C16H23ClN2O3. The maximum atomic E-state index is 12.5. The van der Waals surface area contributed by atoms with Crippen LogP contribution in [0.25, 0.3) is 0 Å². The summed E-state index contributed by atoms with van der Waals surface area (Å²) in [5.41, 5.74) is 6.83. The molecule has 0 radical (unpaired) electrons. The summed E-state index contributed by atoms with van der Waals surface area (Å²) in [6.07, 6.45) is 1.57. The predicted molar refractivity (Wildman–Crippen MR) is 86.6 cm³/mol. The van der Waals surface area contributed by atoms with Gasteiger partial charge in [0.25, 0.3) is 0 Å². The Balaban J connectivity index is 0.00000242. The molecule has 0 aliphatic carbocycles. The maximum absolute atomic E-state index is 12.5. The molecule has 2 atom stereocenters. The third kappa shape index (κ3) is 4.45. The second-order valence-electron chi connectivity index (χ2n) is 5.26. The van der Waals surface area contributed by atoms with E-state index in [9.17, 15) is 9.59 Å². The number of halogens is 1. The van der Waals surface area contributed by atoms with Crippen molar-refractivity contribution in [3.8, 4) is 0 Å². The first kappa shape index (κ1) is 18.5. The fraction of sp³-hybridized carbons (Fsp3) is 0.500. The lowest BCUT2D eigenvalue weighted by atomic mass is 9.96. The molecule has 0 saturated carbocycles. The summed E-state index contributed by atoms with van der Waals surface area (Å²) >= 11 is 0. The van der Waals surface area contributed by atoms with Crippen LogP contribution in [0.15, 0.2) is 30.3 Å². The van der Waals surface area contributed by atoms with Gasteiger partial charge in [-0.2, -0.15) is 0 Å². The molecule has 1 aromatic rings. The van der Waals surface area contributed by atoms with Gasteiger partial charge in [-0.3, -0.25) is 9.59 Å². The second-order valence-corrected chi connectivity index (χ2v) is 5.26. The Morgan fingerprint density at radius 2 is 2.05 bits per heavy atom. The molecule has 6 heteroatoms. The van der Waals surface area contributed by atoms with Gasteiger partial charge < -0.3 is 15.4 Å². The van der Waals surface area contributed by atoms with Crippen LogP contribution in [0.4, 0.5) is 0 Å². The molecule has 5 nitrogen and oxygen atoms in total. The number of hydrogen-bond acceptors (Lipinski definition) is 4. The monoisotopic (exact) mass is 326 g/mol. The van der Waals surface area contributed by atoms with E-state index in [-0.39, 0.29) is 30.2 Å². The summed E-state index contributed by atoms with van der Waals surface area (Å²) in [6, 6.07) is 8.62. The molecule has 1 aliphatic heterocycles. The standard InChI is InChI=1S/C16H22N2O3.ClH/c1-2-21-16(20)13-9-6-10-18(11-13)15(19)14(17)12-7-4-3-5-8-12;/h3-5,7-8,13-14H,2,6,9-11,17H2,1H3;1H. The van der Waals surface area contributed by atoms with Gasteiger partial charge in [0.05, 0.1) is 12.5 Å². The van der Waals surface area contributed by atoms with Crippen LogP contribution in [-0.2, 0) is 14.3 Å². The van der Waals surface area contributed by atoms with E-state index in [1.165, 1.54) is 0 Å². The van der Waals surface area contributed by atoms with Crippen LogP contribution in [0.5, 0.6) is 0 Å². The zero-order chi connectivity index (χ0) is 15.2. The fourth-order valence-corrected chi connectivity index (χ4v) is 2.63. The molecule has 0 spiro atoms. The number of benzene rings is 1. The number of esters is 1. The van der Waals surface area contributed by atoms with Gasteiger partial charge in [0.1, 0.15) is 6.04 Å². The third-order valence-electron chi connectivity index (χ3n) is 3.78. The zero-order valence-corrected chi connectivity index (χ0v) is 13.6. The average molecular weight is 327 g/mol. The molecule has 22 heavy (non-hydrogen) atoms. The molecule has 1 saturated heterocycles. The summed E-state index contributed by atoms with van der Waals surface area (Å²) in [5.74, 6) is -0.580. The first-order valence-electron chi connectivity index (χ1n) is 7.39. The Kier molecular flexibility index (Phi) is 7.35. The van der Waals surface area contributed by atoms with E-state index in [1.807, 2.05) is 30.3 Å². The van der Waals surface area contributed by atoms with Crippen molar-refractivity contribution in [1.82, 2.24) is 4.90 Å². The number of rotatable bonds is 4. The third-order valence-corrected chi connectivity index (χ3v) is 3.78. The summed E-state index contributed by atoms with van der Waals surface area (Å²) in [7, 11) is 0. The van der Waals surface area contributed by atoms with Crippen LogP contribution < -0.4 is 5.73 Å². The highest BCUT2D eigenvalue weighted by molar-refractivity contribution is 5.85. The highest BCUT2D eigenvalue weighted by Crippen LogP contribution is 2.21. The quantitative estimate of drug-likeness (QED) is 0.858. The SMILES string of the molecule is CCOC(=O)C1CCCN(C(=O)C(N)c2ccccc2)C1.Cl. The first-order valence-corrected chi connectivity index (χ1v) is 7.39. The molecule has 1 fully saturated rings. The van der Waals surface area contributed by atoms with Gasteiger partial charge in [0.15, 0.2) is 0 Å². The fourth-order valence-electron chi connectivity index (χ4n) is 2.63. The van der Waals surface area contributed by atoms with Gasteiger partial charge in [-0.25, -0.2) is 0 Å². The number of carbonyl (C=O) groups excluding carboxylic acids is 2. The van der Waals surface area contributed by atoms with Crippen LogP contribution >= 0.6 is 12.4 Å². The van der Waals surface area contributed by atoms with Crippen molar-refractivity contribution in [2.24, 2.45) is 11.7 Å². The molecular weight excluding hydrogens is 304 g/mol. The van der Waals surface area contributed by atoms with E-state index < -0.39 is 6.04 Å². The lowest BCUT2D eigenvalue weighted by Crippen LogP contribution is -2.46. The van der Waals surface area contributed by atoms with Crippen molar-refractivity contribution >= 4 is 24.3 Å². The number of piperidine rings is 1. The number of nitrogens with two attached hydrogens (primary N) is 1. The Morgan fingerprint density at radius 3 is 2.68 bits per heavy atom. The Morgan fingerprint density at radius 1 is 1.36 bits per heavy atom. The lowest BCUT2D eigenvalue weighted by Gasteiger charge is -2.33. The Labute approximate surface area is 137 Å². The molecule has 2 unspecified atom stereocenters. The van der Waals surface area contributed by atoms with E-state index in [0.29, 0.717) is 19.7 Å². The van der Waals surface area contributed by atoms with Gasteiger partial charge in [0.2, 0.25) is 5.91 Å². The number of hydrogen-bond donors (Lipinski definition) is 1. The van der Waals surface area contributed by atoms with Crippen molar-refractivity contribution in [2.75, 3.05) is 19.7 Å². The van der Waals surface area contributed by atoms with Crippen LogP contribution in [0.3, 0.4) is 0 Å². The number of likely N-dealkylation sites (tertiary alicyclic amines) is 1. The highest BCUT2D eigenvalue weighted by Gasteiger charge is 2.31. The molecule has 1 amide bonds. The molecule has 2 N–H and O–H groups in total. The van der Waals surface area contributed by atoms with Gasteiger partial charge in [-0.1, -0.05) is 30.3 Å². The molecule has 2 rings (SSSR count). The molecule has 0 aromatic heterocycles. The van der Waals surface area contributed by atoms with Crippen LogP contribution in [0.1, 0.15) is 31.4 Å². The number of nitrogens with zero attached hydrogens (tertiary/aromatic N) is 1. The number of ether oxygens (including phenoxy) is 1. The van der Waals surface area contributed by atoms with E-state index in [1.54, 1.807) is 11.8 Å². The number of amides is 1. The summed E-state index contributed by atoms with van der Waals surface area (Å²) in [5, 5.41) is 0. The van der Waals surface area contributed by atoms with Crippen molar-refractivity contribution in [3.63, 3.8) is 0 Å². The summed E-state index contributed by atoms with van der Waals surface area (Å²) < 4.78 is 5.05. The molecule has 0 bridgehead atoms. The maximum Gasteiger partial charge on any atom is 0.310 e. The van der Waals surface area contributed by atoms with Gasteiger partial charge in [0, 0.05) is 13.1 Å². The van der Waals surface area contributed by atoms with Crippen molar-refractivity contribution in [2.45, 2.75) is 25.8 Å². The van der Waals surface area contributed by atoms with E-state index in [4.69, 9.17) is 10.5 Å². The van der Waals surface area contributed by atoms with Gasteiger partial charge in [-0.05, 0) is 25.3 Å². The molecule has 1 heterocycles. The largest absolute Gasteiger partial charge is 0.466 e. The molecule has 122 valence electrons. The summed E-state index contributed by atoms with van der Waals surface area (Å²) in [6.45, 7) is 3.20.